The molecule has 3 nitrogen and oxygen atoms in total. The Bertz CT molecular complexity index is 568. The lowest BCUT2D eigenvalue weighted by Gasteiger charge is -2.20. The molecule has 0 bridgehead atoms. The van der Waals surface area contributed by atoms with Crippen LogP contribution in [0.2, 0.25) is 5.02 Å². The molecule has 0 fully saturated rings. The van der Waals surface area contributed by atoms with Gasteiger partial charge in [0.15, 0.2) is 0 Å². The smallest absolute Gasteiger partial charge is 0.0837 e. The molecule has 0 amide bonds. The molecule has 0 spiro atoms. The average molecular weight is 404 g/mol. The minimum atomic E-state index is 0.0799. The Balaban J connectivity index is 2.45. The van der Waals surface area contributed by atoms with Gasteiger partial charge in [0.05, 0.1) is 23.0 Å². The van der Waals surface area contributed by atoms with Crippen LogP contribution in [-0.2, 0) is 6.54 Å². The van der Waals surface area contributed by atoms with E-state index in [1.807, 2.05) is 4.68 Å². The Labute approximate surface area is 138 Å². The molecular formula is C15H19ClIN3. The van der Waals surface area contributed by atoms with Crippen molar-refractivity contribution in [1.82, 2.24) is 15.1 Å². The van der Waals surface area contributed by atoms with Gasteiger partial charge in [-0.15, -0.1) is 0 Å². The Hall–Kier alpha value is -0.590. The first-order chi connectivity index (χ1) is 9.67. The van der Waals surface area contributed by atoms with Gasteiger partial charge in [-0.2, -0.15) is 5.10 Å². The predicted molar refractivity (Wildman–Crippen MR) is 92.2 cm³/mol. The van der Waals surface area contributed by atoms with Crippen molar-refractivity contribution < 1.29 is 0 Å². The maximum Gasteiger partial charge on any atom is 0.0837 e. The fraction of sp³-hybridized carbons (Fsp3) is 0.400. The number of hydrogen-bond acceptors (Lipinski definition) is 2. The molecule has 2 aromatic rings. The van der Waals surface area contributed by atoms with E-state index in [0.717, 1.165) is 30.2 Å². The zero-order chi connectivity index (χ0) is 14.5. The van der Waals surface area contributed by atoms with Gasteiger partial charge in [-0.3, -0.25) is 4.68 Å². The molecule has 108 valence electrons. The van der Waals surface area contributed by atoms with Crippen LogP contribution in [0, 0.1) is 3.57 Å². The van der Waals surface area contributed by atoms with Crippen LogP contribution in [0.3, 0.4) is 0 Å². The fourth-order valence-electron chi connectivity index (χ4n) is 2.31. The van der Waals surface area contributed by atoms with Crippen LogP contribution >= 0.6 is 34.2 Å². The van der Waals surface area contributed by atoms with Crippen LogP contribution in [0.5, 0.6) is 0 Å². The molecule has 1 unspecified atom stereocenters. The Morgan fingerprint density at radius 2 is 2.20 bits per heavy atom. The van der Waals surface area contributed by atoms with Crippen LogP contribution in [0.15, 0.2) is 30.5 Å². The first-order valence-electron chi connectivity index (χ1n) is 6.87. The van der Waals surface area contributed by atoms with Crippen LogP contribution in [-0.4, -0.2) is 16.3 Å². The molecule has 2 rings (SSSR count). The quantitative estimate of drug-likeness (QED) is 0.731. The summed E-state index contributed by atoms with van der Waals surface area (Å²) in [5.41, 5.74) is 2.27. The summed E-state index contributed by atoms with van der Waals surface area (Å²) >= 11 is 8.71. The number of hydrogen-bond donors (Lipinski definition) is 1. The van der Waals surface area contributed by atoms with E-state index in [2.05, 4.69) is 71.1 Å². The van der Waals surface area contributed by atoms with Crippen LogP contribution in [0.4, 0.5) is 0 Å². The third-order valence-electron chi connectivity index (χ3n) is 3.13. The Morgan fingerprint density at radius 3 is 2.85 bits per heavy atom. The van der Waals surface area contributed by atoms with Gasteiger partial charge in [0.2, 0.25) is 0 Å². The minimum Gasteiger partial charge on any atom is -0.305 e. The topological polar surface area (TPSA) is 29.9 Å². The maximum absolute atomic E-state index is 6.38. The van der Waals surface area contributed by atoms with Gasteiger partial charge in [-0.1, -0.05) is 37.6 Å². The van der Waals surface area contributed by atoms with Gasteiger partial charge in [-0.05, 0) is 53.3 Å². The van der Waals surface area contributed by atoms with Gasteiger partial charge in [-0.25, -0.2) is 0 Å². The molecule has 0 radical (unpaired) electrons. The number of aryl methyl sites for hydroxylation is 1. The maximum atomic E-state index is 6.38. The molecule has 1 N–H and O–H groups in total. The SMILES string of the molecule is CCCn1ncc(Cl)c1C(NCC)c1cccc(I)c1. The largest absolute Gasteiger partial charge is 0.305 e. The minimum absolute atomic E-state index is 0.0799. The number of nitrogens with one attached hydrogen (secondary N) is 1. The van der Waals surface area contributed by atoms with E-state index in [-0.39, 0.29) is 6.04 Å². The summed E-state index contributed by atoms with van der Waals surface area (Å²) in [7, 11) is 0. The summed E-state index contributed by atoms with van der Waals surface area (Å²) in [6, 6.07) is 8.58. The van der Waals surface area contributed by atoms with Gasteiger partial charge in [0.1, 0.15) is 0 Å². The van der Waals surface area contributed by atoms with Crippen molar-refractivity contribution in [1.29, 1.82) is 0 Å². The first kappa shape index (κ1) is 15.8. The highest BCUT2D eigenvalue weighted by atomic mass is 127. The zero-order valence-electron chi connectivity index (χ0n) is 11.7. The van der Waals surface area contributed by atoms with E-state index in [0.29, 0.717) is 0 Å². The van der Waals surface area contributed by atoms with Crippen LogP contribution < -0.4 is 5.32 Å². The molecule has 0 aliphatic heterocycles. The van der Waals surface area contributed by atoms with Crippen molar-refractivity contribution in [3.63, 3.8) is 0 Å². The number of halogens is 2. The molecule has 0 saturated carbocycles. The normalized spacial score (nSPS) is 12.6. The van der Waals surface area contributed by atoms with E-state index in [1.54, 1.807) is 6.20 Å². The summed E-state index contributed by atoms with van der Waals surface area (Å²) in [5, 5.41) is 8.64. The Kier molecular flexibility index (Phi) is 5.86. The van der Waals surface area contributed by atoms with E-state index in [9.17, 15) is 0 Å². The average Bonchev–Trinajstić information content (AvgIpc) is 2.78. The lowest BCUT2D eigenvalue weighted by molar-refractivity contribution is 0.520. The summed E-state index contributed by atoms with van der Waals surface area (Å²) < 4.78 is 3.23. The third kappa shape index (κ3) is 3.54. The van der Waals surface area contributed by atoms with Crippen molar-refractivity contribution in [2.45, 2.75) is 32.9 Å². The predicted octanol–water partition coefficient (Wildman–Crippen LogP) is 4.25. The van der Waals surface area contributed by atoms with Crippen LogP contribution in [0.25, 0.3) is 0 Å². The molecule has 1 aromatic heterocycles. The molecule has 20 heavy (non-hydrogen) atoms. The second-order valence-electron chi connectivity index (χ2n) is 4.65. The molecule has 0 saturated heterocycles. The zero-order valence-corrected chi connectivity index (χ0v) is 14.6. The van der Waals surface area contributed by atoms with E-state index in [4.69, 9.17) is 11.6 Å². The fourth-order valence-corrected chi connectivity index (χ4v) is 3.13. The lowest BCUT2D eigenvalue weighted by Crippen LogP contribution is -2.25. The first-order valence-corrected chi connectivity index (χ1v) is 8.33. The molecule has 0 aliphatic rings. The van der Waals surface area contributed by atoms with Crippen molar-refractivity contribution >= 4 is 34.2 Å². The summed E-state index contributed by atoms with van der Waals surface area (Å²) in [5.74, 6) is 0. The van der Waals surface area contributed by atoms with Gasteiger partial charge in [0, 0.05) is 10.1 Å². The molecule has 0 aliphatic carbocycles. The summed E-state index contributed by atoms with van der Waals surface area (Å²) in [6.07, 6.45) is 2.78. The summed E-state index contributed by atoms with van der Waals surface area (Å²) in [4.78, 5) is 0. The van der Waals surface area contributed by atoms with Crippen molar-refractivity contribution in [2.75, 3.05) is 6.54 Å². The van der Waals surface area contributed by atoms with Crippen molar-refractivity contribution in [3.8, 4) is 0 Å². The second kappa shape index (κ2) is 7.43. The van der Waals surface area contributed by atoms with E-state index >= 15 is 0 Å². The summed E-state index contributed by atoms with van der Waals surface area (Å²) in [6.45, 7) is 6.01. The molecular weight excluding hydrogens is 385 g/mol. The molecule has 1 aromatic carbocycles. The number of rotatable bonds is 6. The Morgan fingerprint density at radius 1 is 1.40 bits per heavy atom. The highest BCUT2D eigenvalue weighted by Crippen LogP contribution is 2.29. The molecule has 1 heterocycles. The standard InChI is InChI=1S/C15H19ClIN3/c1-3-8-20-15(13(16)10-19-20)14(18-4-2)11-6-5-7-12(17)9-11/h5-7,9-10,14,18H,3-4,8H2,1-2H3. The van der Waals surface area contributed by atoms with Crippen molar-refractivity contribution in [2.24, 2.45) is 0 Å². The highest BCUT2D eigenvalue weighted by molar-refractivity contribution is 14.1. The number of aromatic nitrogens is 2. The van der Waals surface area contributed by atoms with E-state index in [1.165, 1.54) is 9.13 Å². The number of nitrogens with zero attached hydrogens (tertiary/aromatic N) is 2. The van der Waals surface area contributed by atoms with Crippen LogP contribution in [0.1, 0.15) is 37.6 Å². The molecule has 5 heteroatoms. The monoisotopic (exact) mass is 403 g/mol. The van der Waals surface area contributed by atoms with Gasteiger partial charge < -0.3 is 5.32 Å². The number of benzene rings is 1. The second-order valence-corrected chi connectivity index (χ2v) is 6.30. The van der Waals surface area contributed by atoms with Crippen molar-refractivity contribution in [3.05, 3.63) is 50.3 Å². The van der Waals surface area contributed by atoms with Gasteiger partial charge in [0.25, 0.3) is 0 Å². The molecule has 1 atom stereocenters. The third-order valence-corrected chi connectivity index (χ3v) is 4.09. The lowest BCUT2D eigenvalue weighted by atomic mass is 10.0. The van der Waals surface area contributed by atoms with Gasteiger partial charge >= 0.3 is 0 Å². The van der Waals surface area contributed by atoms with E-state index < -0.39 is 0 Å². The highest BCUT2D eigenvalue weighted by Gasteiger charge is 2.21.